The monoisotopic (exact) mass is 432 g/mol. The first kappa shape index (κ1) is 23.2. The first-order valence-electron chi connectivity index (χ1n) is 11.1. The minimum atomic E-state index is -0.0750. The van der Waals surface area contributed by atoms with Gasteiger partial charge in [-0.1, -0.05) is 94.7 Å². The van der Waals surface area contributed by atoms with Crippen molar-refractivity contribution in [3.63, 3.8) is 0 Å². The molecule has 162 valence electrons. The van der Waals surface area contributed by atoms with Gasteiger partial charge in [-0.25, -0.2) is 0 Å². The molecule has 0 saturated carbocycles. The van der Waals surface area contributed by atoms with Gasteiger partial charge in [-0.15, -0.1) is 0 Å². The van der Waals surface area contributed by atoms with Gasteiger partial charge in [-0.3, -0.25) is 4.79 Å². The SMILES string of the molecule is CCC(CC)(Pc1ccccc1C(C)=O)c1cc(C)cc(C)c1OCc1ccccc1. The second-order valence-electron chi connectivity index (χ2n) is 8.25. The molecule has 2 nitrogen and oxygen atoms in total. The highest BCUT2D eigenvalue weighted by atomic mass is 31.1. The number of Topliss-reactive ketones (excluding diaryl/α,β-unsaturated/α-hetero) is 1. The highest BCUT2D eigenvalue weighted by Gasteiger charge is 2.34. The van der Waals surface area contributed by atoms with Crippen molar-refractivity contribution in [3.8, 4) is 5.75 Å². The van der Waals surface area contributed by atoms with Crippen LogP contribution in [0.5, 0.6) is 5.75 Å². The van der Waals surface area contributed by atoms with Gasteiger partial charge in [0.25, 0.3) is 0 Å². The molecule has 0 heterocycles. The fourth-order valence-corrected chi connectivity index (χ4v) is 6.03. The van der Waals surface area contributed by atoms with Crippen LogP contribution in [-0.2, 0) is 11.8 Å². The van der Waals surface area contributed by atoms with Crippen LogP contribution in [0.3, 0.4) is 0 Å². The molecule has 0 amide bonds. The Hall–Kier alpha value is -2.44. The van der Waals surface area contributed by atoms with Gasteiger partial charge in [0.2, 0.25) is 0 Å². The van der Waals surface area contributed by atoms with Crippen LogP contribution >= 0.6 is 8.58 Å². The van der Waals surface area contributed by atoms with E-state index in [-0.39, 0.29) is 10.9 Å². The predicted molar refractivity (Wildman–Crippen MR) is 133 cm³/mol. The van der Waals surface area contributed by atoms with Crippen molar-refractivity contribution in [2.75, 3.05) is 0 Å². The number of carbonyl (C=O) groups excluding carboxylic acids is 1. The van der Waals surface area contributed by atoms with Gasteiger partial charge in [0.15, 0.2) is 5.78 Å². The number of hydrogen-bond acceptors (Lipinski definition) is 2. The van der Waals surface area contributed by atoms with E-state index in [4.69, 9.17) is 4.74 Å². The zero-order chi connectivity index (χ0) is 22.4. The molecule has 0 fully saturated rings. The summed E-state index contributed by atoms with van der Waals surface area (Å²) in [4.78, 5) is 12.3. The van der Waals surface area contributed by atoms with Crippen LogP contribution < -0.4 is 10.0 Å². The van der Waals surface area contributed by atoms with Crippen LogP contribution in [0.25, 0.3) is 0 Å². The molecule has 31 heavy (non-hydrogen) atoms. The Morgan fingerprint density at radius 1 is 0.935 bits per heavy atom. The highest BCUT2D eigenvalue weighted by Crippen LogP contribution is 2.51. The molecule has 3 rings (SSSR count). The summed E-state index contributed by atoms with van der Waals surface area (Å²) in [6.07, 6.45) is 1.97. The maximum atomic E-state index is 12.3. The van der Waals surface area contributed by atoms with Gasteiger partial charge in [0, 0.05) is 16.3 Å². The summed E-state index contributed by atoms with van der Waals surface area (Å²) in [6, 6.07) is 22.9. The normalized spacial score (nSPS) is 11.8. The summed E-state index contributed by atoms with van der Waals surface area (Å²) in [5.74, 6) is 1.12. The van der Waals surface area contributed by atoms with Crippen molar-refractivity contribution >= 4 is 19.7 Å². The molecule has 3 aromatic rings. The van der Waals surface area contributed by atoms with Crippen LogP contribution in [0.15, 0.2) is 66.7 Å². The minimum Gasteiger partial charge on any atom is -0.488 e. The lowest BCUT2D eigenvalue weighted by Gasteiger charge is -2.35. The molecule has 0 bridgehead atoms. The minimum absolute atomic E-state index is 0.0750. The summed E-state index contributed by atoms with van der Waals surface area (Å²) in [5.41, 5.74) is 5.68. The van der Waals surface area contributed by atoms with Crippen molar-refractivity contribution in [1.29, 1.82) is 0 Å². The number of ketones is 1. The second kappa shape index (κ2) is 10.2. The number of aryl methyl sites for hydroxylation is 2. The van der Waals surface area contributed by atoms with Crippen LogP contribution in [0, 0.1) is 13.8 Å². The number of ether oxygens (including phenoxy) is 1. The van der Waals surface area contributed by atoms with E-state index in [1.54, 1.807) is 6.92 Å². The largest absolute Gasteiger partial charge is 0.488 e. The Kier molecular flexibility index (Phi) is 7.68. The lowest BCUT2D eigenvalue weighted by atomic mass is 9.89. The molecule has 1 unspecified atom stereocenters. The van der Waals surface area contributed by atoms with Gasteiger partial charge in [0.05, 0.1) is 0 Å². The van der Waals surface area contributed by atoms with Crippen molar-refractivity contribution in [3.05, 3.63) is 94.5 Å². The van der Waals surface area contributed by atoms with Gasteiger partial charge in [-0.2, -0.15) is 0 Å². The molecule has 3 aromatic carbocycles. The summed E-state index contributed by atoms with van der Waals surface area (Å²) in [6.45, 7) is 11.0. The topological polar surface area (TPSA) is 26.3 Å². The number of benzene rings is 3. The summed E-state index contributed by atoms with van der Waals surface area (Å²) < 4.78 is 6.47. The van der Waals surface area contributed by atoms with E-state index < -0.39 is 0 Å². The molecule has 0 saturated heterocycles. The number of carbonyl (C=O) groups is 1. The van der Waals surface area contributed by atoms with Gasteiger partial charge >= 0.3 is 0 Å². The van der Waals surface area contributed by atoms with Gasteiger partial charge < -0.3 is 4.74 Å². The molecular weight excluding hydrogens is 399 g/mol. The highest BCUT2D eigenvalue weighted by molar-refractivity contribution is 7.48. The molecule has 0 N–H and O–H groups in total. The van der Waals surface area contributed by atoms with E-state index in [2.05, 4.69) is 58.0 Å². The van der Waals surface area contributed by atoms with Crippen LogP contribution in [-0.4, -0.2) is 5.78 Å². The van der Waals surface area contributed by atoms with Gasteiger partial charge in [-0.05, 0) is 50.0 Å². The van der Waals surface area contributed by atoms with Crippen LogP contribution in [0.1, 0.15) is 66.2 Å². The molecule has 0 aliphatic rings. The Balaban J connectivity index is 2.07. The van der Waals surface area contributed by atoms with Crippen molar-refractivity contribution in [1.82, 2.24) is 0 Å². The van der Waals surface area contributed by atoms with E-state index in [0.717, 1.165) is 35.0 Å². The maximum Gasteiger partial charge on any atom is 0.160 e. The smallest absolute Gasteiger partial charge is 0.160 e. The van der Waals surface area contributed by atoms with Crippen molar-refractivity contribution < 1.29 is 9.53 Å². The zero-order valence-corrected chi connectivity index (χ0v) is 20.3. The van der Waals surface area contributed by atoms with E-state index >= 15 is 0 Å². The van der Waals surface area contributed by atoms with E-state index in [0.29, 0.717) is 15.2 Å². The summed E-state index contributed by atoms with van der Waals surface area (Å²) in [5, 5.41) is 1.07. The van der Waals surface area contributed by atoms with E-state index in [1.807, 2.05) is 36.4 Å². The fraction of sp³-hybridized carbons (Fsp3) is 0.321. The third kappa shape index (κ3) is 5.25. The third-order valence-corrected chi connectivity index (χ3v) is 8.21. The third-order valence-electron chi connectivity index (χ3n) is 6.05. The molecule has 0 aliphatic heterocycles. The van der Waals surface area contributed by atoms with Crippen molar-refractivity contribution in [2.45, 2.75) is 59.2 Å². The van der Waals surface area contributed by atoms with Crippen LogP contribution in [0.4, 0.5) is 0 Å². The zero-order valence-electron chi connectivity index (χ0n) is 19.3. The van der Waals surface area contributed by atoms with Crippen molar-refractivity contribution in [2.24, 2.45) is 0 Å². The van der Waals surface area contributed by atoms with Gasteiger partial charge in [0.1, 0.15) is 12.4 Å². The summed E-state index contributed by atoms with van der Waals surface area (Å²) >= 11 is 0. The number of hydrogen-bond donors (Lipinski definition) is 0. The van der Waals surface area contributed by atoms with E-state index in [9.17, 15) is 4.79 Å². The number of rotatable bonds is 9. The molecule has 0 radical (unpaired) electrons. The molecular formula is C28H33O2P. The summed E-state index contributed by atoms with van der Waals surface area (Å²) in [7, 11) is 0.494. The quantitative estimate of drug-likeness (QED) is 0.266. The Morgan fingerprint density at radius 3 is 2.23 bits per heavy atom. The van der Waals surface area contributed by atoms with Crippen LogP contribution in [0.2, 0.25) is 0 Å². The molecule has 1 atom stereocenters. The second-order valence-corrected chi connectivity index (χ2v) is 9.99. The Morgan fingerprint density at radius 2 is 1.58 bits per heavy atom. The maximum absolute atomic E-state index is 12.3. The Bertz CT molecular complexity index is 1040. The Labute approximate surface area is 188 Å². The fourth-order valence-electron chi connectivity index (χ4n) is 4.26. The molecule has 0 aliphatic carbocycles. The lowest BCUT2D eigenvalue weighted by molar-refractivity contribution is 0.101. The molecule has 0 spiro atoms. The first-order chi connectivity index (χ1) is 14.9. The first-order valence-corrected chi connectivity index (χ1v) is 12.1. The average Bonchev–Trinajstić information content (AvgIpc) is 2.77. The molecule has 3 heteroatoms. The van der Waals surface area contributed by atoms with E-state index in [1.165, 1.54) is 16.7 Å². The standard InChI is InChI=1S/C28H33O2P/c1-6-28(7-2,31-26-16-12-11-15-24(26)22(5)29)25-18-20(3)17-21(4)27(25)30-19-23-13-9-8-10-14-23/h8-18,31H,6-7,19H2,1-5H3. The molecule has 0 aromatic heterocycles. The predicted octanol–water partition coefficient (Wildman–Crippen LogP) is 7.10. The lowest BCUT2D eigenvalue weighted by Crippen LogP contribution is -2.25. The average molecular weight is 433 g/mol.